The quantitative estimate of drug-likeness (QED) is 0.699. The fourth-order valence-electron chi connectivity index (χ4n) is 3.67. The number of anilines is 2. The lowest BCUT2D eigenvalue weighted by molar-refractivity contribution is 0.0689. The van der Waals surface area contributed by atoms with E-state index >= 15 is 0 Å². The first-order valence-electron chi connectivity index (χ1n) is 9.85. The first kappa shape index (κ1) is 19.1. The van der Waals surface area contributed by atoms with Crippen LogP contribution in [0.25, 0.3) is 0 Å². The third-order valence-electron chi connectivity index (χ3n) is 5.25. The van der Waals surface area contributed by atoms with Crippen LogP contribution in [0.4, 0.5) is 16.0 Å². The second-order valence-electron chi connectivity index (χ2n) is 7.36. The van der Waals surface area contributed by atoms with E-state index in [0.717, 1.165) is 32.4 Å². The molecule has 0 atom stereocenters. The van der Waals surface area contributed by atoms with Gasteiger partial charge >= 0.3 is 0 Å². The lowest BCUT2D eigenvalue weighted by Crippen LogP contribution is -2.39. The van der Waals surface area contributed by atoms with Gasteiger partial charge in [-0.15, -0.1) is 0 Å². The van der Waals surface area contributed by atoms with Gasteiger partial charge in [0.05, 0.1) is 5.56 Å². The highest BCUT2D eigenvalue weighted by molar-refractivity contribution is 5.93. The lowest BCUT2D eigenvalue weighted by atomic mass is 9.90. The van der Waals surface area contributed by atoms with Crippen molar-refractivity contribution in [2.75, 3.05) is 18.4 Å². The molecule has 5 nitrogen and oxygen atoms in total. The Morgan fingerprint density at radius 3 is 2.45 bits per heavy atom. The predicted octanol–water partition coefficient (Wildman–Crippen LogP) is 4.45. The minimum Gasteiger partial charge on any atom is -0.339 e. The topological polar surface area (TPSA) is 58.1 Å². The average molecular weight is 390 g/mol. The molecule has 6 heteroatoms. The zero-order chi connectivity index (χ0) is 20.1. The summed E-state index contributed by atoms with van der Waals surface area (Å²) in [6, 6.07) is 16.6. The van der Waals surface area contributed by atoms with Crippen LogP contribution in [-0.2, 0) is 6.42 Å². The molecule has 1 amide bonds. The number of benzene rings is 2. The molecule has 0 bridgehead atoms. The average Bonchev–Trinajstić information content (AvgIpc) is 2.75. The van der Waals surface area contributed by atoms with Crippen LogP contribution in [-0.4, -0.2) is 33.9 Å². The lowest BCUT2D eigenvalue weighted by Gasteiger charge is -2.32. The van der Waals surface area contributed by atoms with Crippen LogP contribution in [0, 0.1) is 11.7 Å². The van der Waals surface area contributed by atoms with Crippen LogP contribution in [0.2, 0.25) is 0 Å². The first-order chi connectivity index (χ1) is 14.2. The molecule has 1 saturated heterocycles. The van der Waals surface area contributed by atoms with Crippen molar-refractivity contribution in [2.24, 2.45) is 5.92 Å². The minimum absolute atomic E-state index is 0.0412. The van der Waals surface area contributed by atoms with E-state index in [2.05, 4.69) is 39.6 Å². The van der Waals surface area contributed by atoms with Gasteiger partial charge in [0, 0.05) is 31.2 Å². The Bertz CT molecular complexity index is 954. The van der Waals surface area contributed by atoms with Crippen LogP contribution < -0.4 is 5.32 Å². The zero-order valence-electron chi connectivity index (χ0n) is 16.1. The molecule has 0 aliphatic carbocycles. The molecule has 0 spiro atoms. The van der Waals surface area contributed by atoms with E-state index in [1.807, 2.05) is 11.0 Å². The van der Waals surface area contributed by atoms with E-state index < -0.39 is 0 Å². The van der Waals surface area contributed by atoms with Crippen molar-refractivity contribution in [1.82, 2.24) is 14.9 Å². The van der Waals surface area contributed by atoms with Crippen LogP contribution in [0.5, 0.6) is 0 Å². The van der Waals surface area contributed by atoms with Gasteiger partial charge in [-0.3, -0.25) is 4.79 Å². The van der Waals surface area contributed by atoms with Crippen molar-refractivity contribution in [3.05, 3.63) is 83.9 Å². The smallest absolute Gasteiger partial charge is 0.256 e. The van der Waals surface area contributed by atoms with Gasteiger partial charge in [-0.05, 0) is 48.9 Å². The number of rotatable bonds is 5. The largest absolute Gasteiger partial charge is 0.339 e. The zero-order valence-corrected chi connectivity index (χ0v) is 16.1. The fourth-order valence-corrected chi connectivity index (χ4v) is 3.67. The Labute approximate surface area is 169 Å². The maximum atomic E-state index is 13.3. The van der Waals surface area contributed by atoms with Gasteiger partial charge < -0.3 is 10.2 Å². The number of carbonyl (C=O) groups is 1. The number of aromatic nitrogens is 2. The van der Waals surface area contributed by atoms with E-state index in [0.29, 0.717) is 23.1 Å². The van der Waals surface area contributed by atoms with E-state index in [1.165, 1.54) is 30.1 Å². The molecule has 148 valence electrons. The van der Waals surface area contributed by atoms with E-state index in [4.69, 9.17) is 0 Å². The third kappa shape index (κ3) is 4.96. The summed E-state index contributed by atoms with van der Waals surface area (Å²) in [5, 5.41) is 2.93. The molecule has 0 saturated carbocycles. The highest BCUT2D eigenvalue weighted by atomic mass is 19.1. The molecule has 0 radical (unpaired) electrons. The maximum Gasteiger partial charge on any atom is 0.256 e. The molecular weight excluding hydrogens is 367 g/mol. The normalized spacial score (nSPS) is 14.6. The number of hydrogen-bond acceptors (Lipinski definition) is 4. The van der Waals surface area contributed by atoms with Gasteiger partial charge in [0.25, 0.3) is 5.91 Å². The molecule has 3 aromatic rings. The van der Waals surface area contributed by atoms with Gasteiger partial charge in [-0.2, -0.15) is 0 Å². The van der Waals surface area contributed by atoms with E-state index in [9.17, 15) is 9.18 Å². The van der Waals surface area contributed by atoms with Crippen molar-refractivity contribution in [3.63, 3.8) is 0 Å². The molecule has 1 aliphatic rings. The Balaban J connectivity index is 1.32. The number of piperidine rings is 1. The molecule has 29 heavy (non-hydrogen) atoms. The number of amides is 1. The summed E-state index contributed by atoms with van der Waals surface area (Å²) in [7, 11) is 0. The third-order valence-corrected chi connectivity index (χ3v) is 5.25. The van der Waals surface area contributed by atoms with Crippen molar-refractivity contribution in [1.29, 1.82) is 0 Å². The summed E-state index contributed by atoms with van der Waals surface area (Å²) < 4.78 is 13.3. The second-order valence-corrected chi connectivity index (χ2v) is 7.36. The molecule has 4 rings (SSSR count). The summed E-state index contributed by atoms with van der Waals surface area (Å²) in [4.78, 5) is 23.0. The first-order valence-corrected chi connectivity index (χ1v) is 9.85. The molecule has 2 heterocycles. The van der Waals surface area contributed by atoms with Crippen LogP contribution in [0.3, 0.4) is 0 Å². The number of hydrogen-bond donors (Lipinski definition) is 1. The Hall–Kier alpha value is -3.28. The fraction of sp³-hybridized carbons (Fsp3) is 0.261. The summed E-state index contributed by atoms with van der Waals surface area (Å²) in [6.07, 6.45) is 6.11. The highest BCUT2D eigenvalue weighted by Crippen LogP contribution is 2.23. The summed E-state index contributed by atoms with van der Waals surface area (Å²) in [5.74, 6) is 0.558. The molecule has 1 fully saturated rings. The molecule has 1 N–H and O–H groups in total. The number of carbonyl (C=O) groups excluding carboxylic acids is 1. The number of nitrogens with one attached hydrogen (secondary N) is 1. The van der Waals surface area contributed by atoms with Crippen molar-refractivity contribution >= 4 is 17.5 Å². The number of likely N-dealkylation sites (tertiary alicyclic amines) is 1. The second kappa shape index (κ2) is 8.82. The molecule has 1 aromatic heterocycles. The maximum absolute atomic E-state index is 13.3. The molecular formula is C23H23FN4O. The van der Waals surface area contributed by atoms with Gasteiger partial charge in [0.1, 0.15) is 5.82 Å². The van der Waals surface area contributed by atoms with E-state index in [-0.39, 0.29) is 11.7 Å². The van der Waals surface area contributed by atoms with Crippen molar-refractivity contribution in [3.8, 4) is 0 Å². The SMILES string of the molecule is O=C(c1cnc(Nc2cccc(F)c2)nc1)N1CCC(Cc2ccccc2)CC1. The predicted molar refractivity (Wildman–Crippen MR) is 110 cm³/mol. The monoisotopic (exact) mass is 390 g/mol. The van der Waals surface area contributed by atoms with Gasteiger partial charge in [0.15, 0.2) is 0 Å². The highest BCUT2D eigenvalue weighted by Gasteiger charge is 2.24. The van der Waals surface area contributed by atoms with Gasteiger partial charge in [-0.1, -0.05) is 36.4 Å². The summed E-state index contributed by atoms with van der Waals surface area (Å²) in [5.41, 5.74) is 2.38. The Morgan fingerprint density at radius 2 is 1.76 bits per heavy atom. The Morgan fingerprint density at radius 1 is 1.03 bits per heavy atom. The number of nitrogens with zero attached hydrogens (tertiary/aromatic N) is 3. The van der Waals surface area contributed by atoms with Crippen LogP contribution in [0.15, 0.2) is 67.0 Å². The number of halogens is 1. The minimum atomic E-state index is -0.336. The summed E-state index contributed by atoms with van der Waals surface area (Å²) >= 11 is 0. The standard InChI is InChI=1S/C23H23FN4O/c24-20-7-4-8-21(14-20)27-23-25-15-19(16-26-23)22(29)28-11-9-18(10-12-28)13-17-5-2-1-3-6-17/h1-8,14-16,18H,9-13H2,(H,25,26,27). The van der Waals surface area contributed by atoms with Crippen LogP contribution in [0.1, 0.15) is 28.8 Å². The molecule has 2 aromatic carbocycles. The van der Waals surface area contributed by atoms with E-state index in [1.54, 1.807) is 12.1 Å². The van der Waals surface area contributed by atoms with Crippen molar-refractivity contribution in [2.45, 2.75) is 19.3 Å². The Kier molecular flexibility index (Phi) is 5.79. The van der Waals surface area contributed by atoms with Gasteiger partial charge in [-0.25, -0.2) is 14.4 Å². The van der Waals surface area contributed by atoms with Gasteiger partial charge in [0.2, 0.25) is 5.95 Å². The van der Waals surface area contributed by atoms with Crippen LogP contribution >= 0.6 is 0 Å². The summed E-state index contributed by atoms with van der Waals surface area (Å²) in [6.45, 7) is 1.50. The molecule has 1 aliphatic heterocycles. The molecule has 0 unspecified atom stereocenters. The van der Waals surface area contributed by atoms with Crippen molar-refractivity contribution < 1.29 is 9.18 Å².